The zero-order chi connectivity index (χ0) is 21.7. The van der Waals surface area contributed by atoms with Crippen LogP contribution >= 0.6 is 0 Å². The first-order valence-electron chi connectivity index (χ1n) is 9.86. The molecule has 0 spiro atoms. The summed E-state index contributed by atoms with van der Waals surface area (Å²) in [5, 5.41) is 10.2. The Bertz CT molecular complexity index is 1530. The van der Waals surface area contributed by atoms with Crippen molar-refractivity contribution in [2.24, 2.45) is 7.05 Å². The van der Waals surface area contributed by atoms with Gasteiger partial charge in [0, 0.05) is 41.8 Å². The molecule has 0 amide bonds. The summed E-state index contributed by atoms with van der Waals surface area (Å²) < 4.78 is 1.85. The molecule has 8 nitrogen and oxygen atoms in total. The van der Waals surface area contributed by atoms with Crippen LogP contribution in [0.15, 0.2) is 53.6 Å². The maximum Gasteiger partial charge on any atom is 0.259 e. The lowest BCUT2D eigenvalue weighted by atomic mass is 10.1. The highest BCUT2D eigenvalue weighted by Crippen LogP contribution is 2.29. The first-order chi connectivity index (χ1) is 14.9. The average Bonchev–Trinajstić information content (AvgIpc) is 3.03. The van der Waals surface area contributed by atoms with Crippen LogP contribution in [-0.4, -0.2) is 24.7 Å². The van der Waals surface area contributed by atoms with Crippen LogP contribution in [0.4, 0.5) is 17.3 Å². The Morgan fingerprint density at radius 1 is 1.13 bits per heavy atom. The number of benzene rings is 1. The van der Waals surface area contributed by atoms with Crippen molar-refractivity contribution in [3.8, 4) is 11.3 Å². The molecular formula is C23H21N7O. The van der Waals surface area contributed by atoms with Gasteiger partial charge in [-0.25, -0.2) is 9.97 Å². The van der Waals surface area contributed by atoms with Crippen molar-refractivity contribution in [2.45, 2.75) is 13.8 Å². The maximum absolute atomic E-state index is 12.6. The number of nitrogen functional groups attached to an aromatic ring is 1. The van der Waals surface area contributed by atoms with E-state index in [1.807, 2.05) is 62.0 Å². The average molecular weight is 411 g/mol. The van der Waals surface area contributed by atoms with Crippen LogP contribution in [0.25, 0.3) is 32.9 Å². The smallest absolute Gasteiger partial charge is 0.259 e. The van der Waals surface area contributed by atoms with E-state index >= 15 is 0 Å². The van der Waals surface area contributed by atoms with Crippen LogP contribution in [0.2, 0.25) is 0 Å². The summed E-state index contributed by atoms with van der Waals surface area (Å²) in [5.74, 6) is 0.953. The lowest BCUT2D eigenvalue weighted by Gasteiger charge is -2.12. The summed E-state index contributed by atoms with van der Waals surface area (Å²) in [6, 6.07) is 11.6. The normalized spacial score (nSPS) is 11.3. The number of H-pyrrole nitrogens is 1. The van der Waals surface area contributed by atoms with Gasteiger partial charge in [0.15, 0.2) is 0 Å². The van der Waals surface area contributed by atoms with Gasteiger partial charge in [0.05, 0.1) is 16.6 Å². The van der Waals surface area contributed by atoms with E-state index in [4.69, 9.17) is 10.7 Å². The van der Waals surface area contributed by atoms with Crippen LogP contribution in [0.1, 0.15) is 11.3 Å². The highest BCUT2D eigenvalue weighted by Gasteiger charge is 2.13. The summed E-state index contributed by atoms with van der Waals surface area (Å²) in [7, 11) is 1.92. The number of aromatic nitrogens is 5. The SMILES string of the molecule is Cc1cc(-c2cc3cc[nH]c(=O)c3c(Nc3ccc4c(C)n(C)nc4c3)n2)cnc1N. The Morgan fingerprint density at radius 2 is 1.97 bits per heavy atom. The van der Waals surface area contributed by atoms with E-state index in [9.17, 15) is 4.79 Å². The standard InChI is InChI=1S/C23H21N7O/c1-12-8-15(11-26-21(12)24)18-9-14-6-7-25-23(31)20(14)22(28-18)27-16-4-5-17-13(2)30(3)29-19(17)10-16/h4-11H,1-3H3,(H2,24,26)(H,25,31)(H,27,28). The number of aromatic amines is 1. The number of hydrogen-bond donors (Lipinski definition) is 3. The summed E-state index contributed by atoms with van der Waals surface area (Å²) in [6.45, 7) is 3.93. The fourth-order valence-electron chi connectivity index (χ4n) is 3.72. The summed E-state index contributed by atoms with van der Waals surface area (Å²) in [4.78, 5) is 24.4. The Morgan fingerprint density at radius 3 is 2.77 bits per heavy atom. The molecule has 0 atom stereocenters. The van der Waals surface area contributed by atoms with E-state index in [-0.39, 0.29) is 5.56 Å². The van der Waals surface area contributed by atoms with E-state index in [0.29, 0.717) is 22.7 Å². The highest BCUT2D eigenvalue weighted by atomic mass is 16.1. The first kappa shape index (κ1) is 18.8. The molecule has 0 unspecified atom stereocenters. The number of aryl methyl sites for hydroxylation is 3. The molecule has 0 bridgehead atoms. The molecule has 31 heavy (non-hydrogen) atoms. The molecule has 5 rings (SSSR count). The molecule has 5 aromatic rings. The monoisotopic (exact) mass is 411 g/mol. The van der Waals surface area contributed by atoms with Crippen LogP contribution in [0, 0.1) is 13.8 Å². The third-order valence-corrected chi connectivity index (χ3v) is 5.56. The van der Waals surface area contributed by atoms with Crippen molar-refractivity contribution >= 4 is 39.0 Å². The minimum atomic E-state index is -0.208. The van der Waals surface area contributed by atoms with Gasteiger partial charge in [-0.05, 0) is 61.2 Å². The zero-order valence-corrected chi connectivity index (χ0v) is 17.4. The van der Waals surface area contributed by atoms with Gasteiger partial charge in [-0.3, -0.25) is 9.48 Å². The topological polar surface area (TPSA) is 115 Å². The highest BCUT2D eigenvalue weighted by molar-refractivity contribution is 5.96. The van der Waals surface area contributed by atoms with Crippen molar-refractivity contribution in [1.82, 2.24) is 24.7 Å². The lowest BCUT2D eigenvalue weighted by Crippen LogP contribution is -2.09. The molecule has 4 N–H and O–H groups in total. The fourth-order valence-corrected chi connectivity index (χ4v) is 3.72. The number of nitrogens with one attached hydrogen (secondary N) is 2. The van der Waals surface area contributed by atoms with Crippen LogP contribution in [0.5, 0.6) is 0 Å². The predicted molar refractivity (Wildman–Crippen MR) is 123 cm³/mol. The fraction of sp³-hybridized carbons (Fsp3) is 0.130. The maximum atomic E-state index is 12.6. The van der Waals surface area contributed by atoms with Crippen LogP contribution in [0.3, 0.4) is 0 Å². The number of fused-ring (bicyclic) bond motifs is 2. The number of nitrogens with two attached hydrogens (primary N) is 1. The molecule has 0 aliphatic heterocycles. The number of pyridine rings is 3. The van der Waals surface area contributed by atoms with Gasteiger partial charge >= 0.3 is 0 Å². The van der Waals surface area contributed by atoms with Gasteiger partial charge in [0.2, 0.25) is 0 Å². The first-order valence-corrected chi connectivity index (χ1v) is 9.86. The lowest BCUT2D eigenvalue weighted by molar-refractivity contribution is 0.751. The molecule has 0 aliphatic carbocycles. The minimum Gasteiger partial charge on any atom is -0.383 e. The van der Waals surface area contributed by atoms with E-state index in [2.05, 4.69) is 20.4 Å². The Kier molecular flexibility index (Phi) is 4.21. The number of anilines is 3. The molecule has 154 valence electrons. The van der Waals surface area contributed by atoms with Gasteiger partial charge < -0.3 is 16.0 Å². The molecule has 0 aliphatic rings. The van der Waals surface area contributed by atoms with Crippen molar-refractivity contribution in [3.05, 3.63) is 70.4 Å². The molecule has 0 fully saturated rings. The van der Waals surface area contributed by atoms with Crippen molar-refractivity contribution in [2.75, 3.05) is 11.1 Å². The van der Waals surface area contributed by atoms with Gasteiger partial charge in [-0.2, -0.15) is 5.10 Å². The van der Waals surface area contributed by atoms with E-state index in [0.717, 1.165) is 38.8 Å². The van der Waals surface area contributed by atoms with Gasteiger partial charge in [-0.1, -0.05) is 0 Å². The molecule has 8 heteroatoms. The molecular weight excluding hydrogens is 390 g/mol. The number of nitrogens with zero attached hydrogens (tertiary/aromatic N) is 4. The molecule has 4 aromatic heterocycles. The van der Waals surface area contributed by atoms with E-state index in [1.165, 1.54) is 0 Å². The minimum absolute atomic E-state index is 0.208. The quantitative estimate of drug-likeness (QED) is 0.416. The molecule has 1 aromatic carbocycles. The van der Waals surface area contributed by atoms with E-state index in [1.54, 1.807) is 12.4 Å². The summed E-state index contributed by atoms with van der Waals surface area (Å²) >= 11 is 0. The van der Waals surface area contributed by atoms with Crippen molar-refractivity contribution < 1.29 is 0 Å². The van der Waals surface area contributed by atoms with Crippen molar-refractivity contribution in [1.29, 1.82) is 0 Å². The second-order valence-electron chi connectivity index (χ2n) is 7.62. The second-order valence-corrected chi connectivity index (χ2v) is 7.62. The van der Waals surface area contributed by atoms with E-state index < -0.39 is 0 Å². The second kappa shape index (κ2) is 6.94. The predicted octanol–water partition coefficient (Wildman–Crippen LogP) is 3.81. The molecule has 0 saturated heterocycles. The third-order valence-electron chi connectivity index (χ3n) is 5.56. The van der Waals surface area contributed by atoms with Crippen LogP contribution in [-0.2, 0) is 7.05 Å². The molecule has 4 heterocycles. The van der Waals surface area contributed by atoms with Crippen LogP contribution < -0.4 is 16.6 Å². The Hall–Kier alpha value is -4.20. The Labute approximate surface area is 177 Å². The zero-order valence-electron chi connectivity index (χ0n) is 17.4. The summed E-state index contributed by atoms with van der Waals surface area (Å²) in [6.07, 6.45) is 3.32. The number of hydrogen-bond acceptors (Lipinski definition) is 6. The summed E-state index contributed by atoms with van der Waals surface area (Å²) in [5.41, 5.74) is 10.8. The van der Waals surface area contributed by atoms with Gasteiger partial charge in [-0.15, -0.1) is 0 Å². The third kappa shape index (κ3) is 3.18. The van der Waals surface area contributed by atoms with Crippen molar-refractivity contribution in [3.63, 3.8) is 0 Å². The molecule has 0 saturated carbocycles. The van der Waals surface area contributed by atoms with Gasteiger partial charge in [0.25, 0.3) is 5.56 Å². The molecule has 0 radical (unpaired) electrons. The Balaban J connectivity index is 1.67. The number of rotatable bonds is 3. The van der Waals surface area contributed by atoms with Gasteiger partial charge in [0.1, 0.15) is 11.6 Å². The largest absolute Gasteiger partial charge is 0.383 e.